The zero-order chi connectivity index (χ0) is 21.3. The molecule has 11 heteroatoms. The van der Waals surface area contributed by atoms with Crippen LogP contribution in [0.3, 0.4) is 0 Å². The summed E-state index contributed by atoms with van der Waals surface area (Å²) in [6.07, 6.45) is -3.87. The van der Waals surface area contributed by atoms with E-state index in [9.17, 15) is 31.9 Å². The number of aromatic nitrogens is 2. The molecule has 2 N–H and O–H groups in total. The van der Waals surface area contributed by atoms with Crippen LogP contribution < -0.4 is 10.6 Å². The molecule has 3 rings (SSSR count). The lowest BCUT2D eigenvalue weighted by molar-refractivity contribution is -0.145. The van der Waals surface area contributed by atoms with Crippen molar-refractivity contribution in [1.82, 2.24) is 20.6 Å². The second-order valence-corrected chi connectivity index (χ2v) is 5.96. The molecule has 0 fully saturated rings. The zero-order valence-electron chi connectivity index (χ0n) is 14.6. The Morgan fingerprint density at radius 2 is 1.76 bits per heavy atom. The van der Waals surface area contributed by atoms with Gasteiger partial charge in [0.05, 0.1) is 0 Å². The minimum atomic E-state index is -4.79. The first kappa shape index (κ1) is 20.1. The van der Waals surface area contributed by atoms with E-state index in [1.807, 2.05) is 0 Å². The Balaban J connectivity index is 1.74. The van der Waals surface area contributed by atoms with E-state index in [1.165, 1.54) is 18.2 Å². The quantitative estimate of drug-likeness (QED) is 0.382. The number of fused-ring (bicyclic) bond motifs is 3. The normalized spacial score (nSPS) is 12.2. The first-order chi connectivity index (χ1) is 13.6. The second kappa shape index (κ2) is 7.41. The van der Waals surface area contributed by atoms with Gasteiger partial charge in [-0.3, -0.25) is 14.4 Å². The number of ketones is 1. The van der Waals surface area contributed by atoms with Crippen LogP contribution in [-0.4, -0.2) is 40.7 Å². The Hall–Kier alpha value is -3.63. The van der Waals surface area contributed by atoms with Crippen molar-refractivity contribution in [1.29, 1.82) is 0 Å². The summed E-state index contributed by atoms with van der Waals surface area (Å²) in [6.45, 7) is 2.74. The van der Waals surface area contributed by atoms with Crippen LogP contribution in [0.15, 0.2) is 36.8 Å². The van der Waals surface area contributed by atoms with Crippen LogP contribution in [0.4, 0.5) is 17.6 Å². The summed E-state index contributed by atoms with van der Waals surface area (Å²) in [6, 6.07) is 4.04. The van der Waals surface area contributed by atoms with Crippen LogP contribution in [0.1, 0.15) is 32.2 Å². The van der Waals surface area contributed by atoms with E-state index >= 15 is 0 Å². The zero-order valence-corrected chi connectivity index (χ0v) is 14.6. The van der Waals surface area contributed by atoms with Crippen LogP contribution in [0.25, 0.3) is 11.1 Å². The summed E-state index contributed by atoms with van der Waals surface area (Å²) >= 11 is 0. The predicted octanol–water partition coefficient (Wildman–Crippen LogP) is 2.04. The molecule has 0 spiro atoms. The number of alkyl halides is 3. The van der Waals surface area contributed by atoms with Gasteiger partial charge < -0.3 is 10.6 Å². The molecule has 0 radical (unpaired) electrons. The van der Waals surface area contributed by atoms with Crippen molar-refractivity contribution in [3.63, 3.8) is 0 Å². The molecule has 1 heterocycles. The molecular formula is C18H12F4N4O3. The van der Waals surface area contributed by atoms with Crippen molar-refractivity contribution in [2.24, 2.45) is 0 Å². The molecule has 0 bridgehead atoms. The van der Waals surface area contributed by atoms with Gasteiger partial charge >= 0.3 is 6.18 Å². The lowest BCUT2D eigenvalue weighted by Gasteiger charge is -2.07. The molecule has 0 saturated carbocycles. The Morgan fingerprint density at radius 3 is 2.41 bits per heavy atom. The van der Waals surface area contributed by atoms with E-state index in [2.05, 4.69) is 27.2 Å². The topological polar surface area (TPSA) is 101 Å². The molecule has 150 valence electrons. The molecule has 1 aliphatic carbocycles. The number of hydrogen-bond donors (Lipinski definition) is 2. The maximum Gasteiger partial charge on any atom is 0.451 e. The summed E-state index contributed by atoms with van der Waals surface area (Å²) in [4.78, 5) is 42.2. The summed E-state index contributed by atoms with van der Waals surface area (Å²) in [5.41, 5.74) is 0.204. The number of nitrogens with one attached hydrogen (secondary N) is 2. The largest absolute Gasteiger partial charge is 0.451 e. The van der Waals surface area contributed by atoms with Crippen LogP contribution in [0.5, 0.6) is 0 Å². The van der Waals surface area contributed by atoms with Gasteiger partial charge in [0, 0.05) is 36.0 Å². The highest BCUT2D eigenvalue weighted by Crippen LogP contribution is 2.37. The Kier molecular flexibility index (Phi) is 5.14. The fourth-order valence-corrected chi connectivity index (χ4v) is 2.67. The second-order valence-electron chi connectivity index (χ2n) is 5.96. The summed E-state index contributed by atoms with van der Waals surface area (Å²) in [7, 11) is 0. The van der Waals surface area contributed by atoms with E-state index in [4.69, 9.17) is 0 Å². The highest BCUT2D eigenvalue weighted by Gasteiger charge is 2.38. The lowest BCUT2D eigenvalue weighted by atomic mass is 10.0. The van der Waals surface area contributed by atoms with E-state index in [0.717, 1.165) is 6.20 Å². The summed E-state index contributed by atoms with van der Waals surface area (Å²) in [5, 5.41) is 4.63. The van der Waals surface area contributed by atoms with Gasteiger partial charge in [0.15, 0.2) is 5.83 Å². The number of hydrogen-bond acceptors (Lipinski definition) is 5. The van der Waals surface area contributed by atoms with Gasteiger partial charge in [-0.15, -0.1) is 0 Å². The van der Waals surface area contributed by atoms with Gasteiger partial charge in [-0.05, 0) is 17.7 Å². The first-order valence-corrected chi connectivity index (χ1v) is 8.13. The highest BCUT2D eigenvalue weighted by molar-refractivity contribution is 6.21. The molecular weight excluding hydrogens is 396 g/mol. The lowest BCUT2D eigenvalue weighted by Crippen LogP contribution is -2.34. The molecule has 0 unspecified atom stereocenters. The average molecular weight is 408 g/mol. The molecule has 29 heavy (non-hydrogen) atoms. The van der Waals surface area contributed by atoms with Gasteiger partial charge in [0.1, 0.15) is 5.69 Å². The SMILES string of the molecule is C=C(F)C(=O)NCCNC(=O)c1ccc2c(c1)C(=O)c1nc(C(F)(F)F)ncc1-2. The Labute approximate surface area is 160 Å². The Bertz CT molecular complexity index is 1050. The van der Waals surface area contributed by atoms with E-state index < -0.39 is 35.4 Å². The average Bonchev–Trinajstić information content (AvgIpc) is 2.95. The summed E-state index contributed by atoms with van der Waals surface area (Å²) < 4.78 is 50.9. The number of halogens is 4. The van der Waals surface area contributed by atoms with Gasteiger partial charge in [-0.25, -0.2) is 14.4 Å². The number of benzene rings is 1. The molecule has 7 nitrogen and oxygen atoms in total. The van der Waals surface area contributed by atoms with E-state index in [-0.39, 0.29) is 35.5 Å². The summed E-state index contributed by atoms with van der Waals surface area (Å²) in [5.74, 6) is -4.92. The van der Waals surface area contributed by atoms with Gasteiger partial charge in [0.2, 0.25) is 11.6 Å². The Morgan fingerprint density at radius 1 is 1.07 bits per heavy atom. The standard InChI is InChI=1S/C18H12F4N4O3/c1-8(19)15(28)23-4-5-24-16(29)9-2-3-10-11(6-9)14(27)13-12(10)7-25-17(26-13)18(20,21)22/h2-3,6-7H,1,4-5H2,(H,23,28)(H,24,29). The van der Waals surface area contributed by atoms with Gasteiger partial charge in [-0.2, -0.15) is 13.2 Å². The third kappa shape index (κ3) is 3.98. The van der Waals surface area contributed by atoms with Crippen molar-refractivity contribution in [3.8, 4) is 11.1 Å². The molecule has 1 aliphatic rings. The van der Waals surface area contributed by atoms with Crippen LogP contribution in [-0.2, 0) is 11.0 Å². The van der Waals surface area contributed by atoms with Crippen LogP contribution >= 0.6 is 0 Å². The fraction of sp³-hybridized carbons (Fsp3) is 0.167. The van der Waals surface area contributed by atoms with Crippen molar-refractivity contribution in [2.45, 2.75) is 6.18 Å². The first-order valence-electron chi connectivity index (χ1n) is 8.13. The smallest absolute Gasteiger partial charge is 0.350 e. The van der Waals surface area contributed by atoms with Crippen LogP contribution in [0.2, 0.25) is 0 Å². The minimum absolute atomic E-state index is 0.0243. The molecule has 1 aromatic heterocycles. The molecule has 0 atom stereocenters. The molecule has 2 aromatic rings. The fourth-order valence-electron chi connectivity index (χ4n) is 2.67. The number of nitrogens with zero attached hydrogens (tertiary/aromatic N) is 2. The van der Waals surface area contributed by atoms with Crippen molar-refractivity contribution in [2.75, 3.05) is 13.1 Å². The molecule has 2 amide bonds. The molecule has 1 aromatic carbocycles. The van der Waals surface area contributed by atoms with E-state index in [1.54, 1.807) is 0 Å². The number of carbonyl (C=O) groups excluding carboxylic acids is 3. The van der Waals surface area contributed by atoms with Crippen molar-refractivity contribution in [3.05, 3.63) is 59.4 Å². The van der Waals surface area contributed by atoms with Gasteiger partial charge in [-0.1, -0.05) is 12.6 Å². The van der Waals surface area contributed by atoms with Gasteiger partial charge in [0.25, 0.3) is 11.8 Å². The number of rotatable bonds is 5. The van der Waals surface area contributed by atoms with E-state index in [0.29, 0.717) is 5.56 Å². The highest BCUT2D eigenvalue weighted by atomic mass is 19.4. The van der Waals surface area contributed by atoms with Crippen molar-refractivity contribution < 1.29 is 31.9 Å². The third-order valence-electron chi connectivity index (χ3n) is 4.02. The molecule has 0 aliphatic heterocycles. The maximum absolute atomic E-state index is 12.8. The van der Waals surface area contributed by atoms with Crippen molar-refractivity contribution >= 4 is 17.6 Å². The number of amides is 2. The third-order valence-corrected chi connectivity index (χ3v) is 4.02. The number of carbonyl (C=O) groups is 3. The predicted molar refractivity (Wildman–Crippen MR) is 91.5 cm³/mol. The maximum atomic E-state index is 12.8. The minimum Gasteiger partial charge on any atom is -0.350 e. The van der Waals surface area contributed by atoms with Crippen LogP contribution in [0, 0.1) is 0 Å². The monoisotopic (exact) mass is 408 g/mol. The molecule has 0 saturated heterocycles.